The van der Waals surface area contributed by atoms with Gasteiger partial charge >= 0.3 is 7.12 Å². The molecule has 1 atom stereocenters. The number of rotatable bonds is 7. The summed E-state index contributed by atoms with van der Waals surface area (Å²) in [5.74, 6) is 0. The normalized spacial score (nSPS) is 14.3. The van der Waals surface area contributed by atoms with Crippen molar-refractivity contribution in [3.05, 3.63) is 29.8 Å². The third-order valence-electron chi connectivity index (χ3n) is 2.84. The molecule has 1 aromatic rings. The van der Waals surface area contributed by atoms with E-state index in [1.54, 1.807) is 31.2 Å². The van der Waals surface area contributed by atoms with E-state index in [1.807, 2.05) is 7.05 Å². The van der Waals surface area contributed by atoms with Gasteiger partial charge in [0.15, 0.2) is 0 Å². The van der Waals surface area contributed by atoms with Gasteiger partial charge in [0.05, 0.1) is 0 Å². The molecule has 100 valence electrons. The Bertz CT molecular complexity index is 355. The predicted molar refractivity (Wildman–Crippen MR) is 72.4 cm³/mol. The van der Waals surface area contributed by atoms with Crippen LogP contribution in [0.4, 0.5) is 0 Å². The Morgan fingerprint density at radius 3 is 2.28 bits per heavy atom. The van der Waals surface area contributed by atoms with Crippen LogP contribution in [-0.2, 0) is 5.72 Å². The van der Waals surface area contributed by atoms with E-state index in [0.717, 1.165) is 13.0 Å². The first-order valence-electron chi connectivity index (χ1n) is 6.06. The first-order chi connectivity index (χ1) is 8.47. The number of aliphatic hydroxyl groups is 1. The molecular weight excluding hydrogens is 231 g/mol. The Balaban J connectivity index is 2.60. The standard InChI is InChI=1S/C12H21BN2O3/c1-12(16,15-9-3-8-14-2)10-4-6-11(7-5-10)13(17)18/h4-7,14-18H,3,8-9H2,1-2H3. The molecule has 0 aromatic heterocycles. The average molecular weight is 252 g/mol. The number of benzene rings is 1. The van der Waals surface area contributed by atoms with E-state index in [9.17, 15) is 5.11 Å². The molecule has 1 rings (SSSR count). The highest BCUT2D eigenvalue weighted by molar-refractivity contribution is 6.58. The zero-order valence-electron chi connectivity index (χ0n) is 10.8. The largest absolute Gasteiger partial charge is 0.488 e. The lowest BCUT2D eigenvalue weighted by Gasteiger charge is -2.25. The third kappa shape index (κ3) is 4.40. The molecule has 0 saturated heterocycles. The molecule has 1 unspecified atom stereocenters. The smallest absolute Gasteiger partial charge is 0.423 e. The van der Waals surface area contributed by atoms with E-state index >= 15 is 0 Å². The Morgan fingerprint density at radius 1 is 1.17 bits per heavy atom. The van der Waals surface area contributed by atoms with Crippen LogP contribution < -0.4 is 16.1 Å². The summed E-state index contributed by atoms with van der Waals surface area (Å²) in [6.45, 7) is 3.26. The Hall–Kier alpha value is -0.915. The lowest BCUT2D eigenvalue weighted by Crippen LogP contribution is -2.41. The molecule has 0 aliphatic heterocycles. The predicted octanol–water partition coefficient (Wildman–Crippen LogP) is -1.27. The molecule has 0 bridgehead atoms. The summed E-state index contributed by atoms with van der Waals surface area (Å²) in [7, 11) is 0.407. The average Bonchev–Trinajstić information content (AvgIpc) is 2.35. The lowest BCUT2D eigenvalue weighted by molar-refractivity contribution is 0.0201. The van der Waals surface area contributed by atoms with Gasteiger partial charge in [-0.3, -0.25) is 5.32 Å². The molecule has 6 heteroatoms. The van der Waals surface area contributed by atoms with Gasteiger partial charge in [0, 0.05) is 0 Å². The van der Waals surface area contributed by atoms with Crippen LogP contribution in [-0.4, -0.2) is 42.4 Å². The van der Waals surface area contributed by atoms with Gasteiger partial charge in [-0.25, -0.2) is 0 Å². The van der Waals surface area contributed by atoms with E-state index in [-0.39, 0.29) is 0 Å². The van der Waals surface area contributed by atoms with Crippen LogP contribution >= 0.6 is 0 Å². The van der Waals surface area contributed by atoms with Crippen molar-refractivity contribution in [2.24, 2.45) is 0 Å². The first kappa shape index (κ1) is 15.1. The Morgan fingerprint density at radius 2 is 1.78 bits per heavy atom. The van der Waals surface area contributed by atoms with Crippen molar-refractivity contribution in [1.29, 1.82) is 0 Å². The van der Waals surface area contributed by atoms with Crippen LogP contribution in [0.2, 0.25) is 0 Å². The van der Waals surface area contributed by atoms with Crippen molar-refractivity contribution in [2.75, 3.05) is 20.1 Å². The highest BCUT2D eigenvalue weighted by Gasteiger charge is 2.22. The van der Waals surface area contributed by atoms with E-state index < -0.39 is 12.8 Å². The molecule has 5 N–H and O–H groups in total. The molecular formula is C12H21BN2O3. The summed E-state index contributed by atoms with van der Waals surface area (Å²) in [5, 5.41) is 34.3. The quantitative estimate of drug-likeness (QED) is 0.237. The third-order valence-corrected chi connectivity index (χ3v) is 2.84. The lowest BCUT2D eigenvalue weighted by atomic mass is 9.79. The van der Waals surface area contributed by atoms with Gasteiger partial charge in [-0.15, -0.1) is 0 Å². The van der Waals surface area contributed by atoms with Crippen LogP contribution in [0.15, 0.2) is 24.3 Å². The summed E-state index contributed by atoms with van der Waals surface area (Å²) < 4.78 is 0. The zero-order chi connectivity index (χ0) is 13.6. The second kappa shape index (κ2) is 6.87. The second-order valence-electron chi connectivity index (χ2n) is 4.45. The number of nitrogens with one attached hydrogen (secondary N) is 2. The molecule has 0 aliphatic rings. The molecule has 0 saturated carbocycles. The molecule has 0 heterocycles. The summed E-state index contributed by atoms with van der Waals surface area (Å²) in [6, 6.07) is 6.53. The molecule has 18 heavy (non-hydrogen) atoms. The van der Waals surface area contributed by atoms with Crippen molar-refractivity contribution in [3.63, 3.8) is 0 Å². The summed E-state index contributed by atoms with van der Waals surface area (Å²) in [6.07, 6.45) is 0.917. The van der Waals surface area contributed by atoms with Crippen molar-refractivity contribution >= 4 is 12.6 Å². The van der Waals surface area contributed by atoms with E-state index in [0.29, 0.717) is 17.6 Å². The fourth-order valence-corrected chi connectivity index (χ4v) is 1.68. The highest BCUT2D eigenvalue weighted by Crippen LogP contribution is 2.15. The van der Waals surface area contributed by atoms with E-state index in [2.05, 4.69) is 10.6 Å². The molecule has 0 fully saturated rings. The van der Waals surface area contributed by atoms with Crippen LogP contribution in [0.5, 0.6) is 0 Å². The Labute approximate surface area is 108 Å². The fraction of sp³-hybridized carbons (Fsp3) is 0.500. The first-order valence-corrected chi connectivity index (χ1v) is 6.06. The van der Waals surface area contributed by atoms with Crippen molar-refractivity contribution < 1.29 is 15.2 Å². The molecule has 0 amide bonds. The van der Waals surface area contributed by atoms with Gasteiger partial charge in [-0.2, -0.15) is 0 Å². The maximum Gasteiger partial charge on any atom is 0.488 e. The van der Waals surface area contributed by atoms with Gasteiger partial charge in [-0.1, -0.05) is 24.3 Å². The SMILES string of the molecule is CNCCCNC(C)(O)c1ccc(B(O)O)cc1. The monoisotopic (exact) mass is 252 g/mol. The number of hydrogen-bond donors (Lipinski definition) is 5. The summed E-state index contributed by atoms with van der Waals surface area (Å²) in [5.41, 5.74) is -0.0201. The highest BCUT2D eigenvalue weighted by atomic mass is 16.4. The zero-order valence-corrected chi connectivity index (χ0v) is 10.8. The van der Waals surface area contributed by atoms with Gasteiger partial charge in [0.1, 0.15) is 5.72 Å². The van der Waals surface area contributed by atoms with Crippen LogP contribution in [0.1, 0.15) is 18.9 Å². The summed E-state index contributed by atoms with van der Waals surface area (Å²) in [4.78, 5) is 0. The summed E-state index contributed by atoms with van der Waals surface area (Å²) >= 11 is 0. The molecule has 1 aromatic carbocycles. The van der Waals surface area contributed by atoms with Gasteiger partial charge < -0.3 is 20.5 Å². The molecule has 0 aliphatic carbocycles. The van der Waals surface area contributed by atoms with Crippen LogP contribution in [0.25, 0.3) is 0 Å². The van der Waals surface area contributed by atoms with Gasteiger partial charge in [0.25, 0.3) is 0 Å². The molecule has 0 spiro atoms. The molecule has 0 radical (unpaired) electrons. The topological polar surface area (TPSA) is 84.8 Å². The van der Waals surface area contributed by atoms with Crippen molar-refractivity contribution in [1.82, 2.24) is 10.6 Å². The minimum Gasteiger partial charge on any atom is -0.423 e. The maximum absolute atomic E-state index is 10.3. The van der Waals surface area contributed by atoms with Crippen molar-refractivity contribution in [3.8, 4) is 0 Å². The molecule has 5 nitrogen and oxygen atoms in total. The van der Waals surface area contributed by atoms with Crippen molar-refractivity contribution in [2.45, 2.75) is 19.1 Å². The van der Waals surface area contributed by atoms with E-state index in [1.165, 1.54) is 0 Å². The van der Waals surface area contributed by atoms with E-state index in [4.69, 9.17) is 10.0 Å². The number of hydrogen-bond acceptors (Lipinski definition) is 5. The minimum atomic E-state index is -1.48. The Kier molecular flexibility index (Phi) is 5.78. The maximum atomic E-state index is 10.3. The van der Waals surface area contributed by atoms with Crippen LogP contribution in [0.3, 0.4) is 0 Å². The van der Waals surface area contributed by atoms with Gasteiger partial charge in [0.2, 0.25) is 0 Å². The van der Waals surface area contributed by atoms with Gasteiger partial charge in [-0.05, 0) is 44.5 Å². The minimum absolute atomic E-state index is 0.407. The second-order valence-corrected chi connectivity index (χ2v) is 4.45. The fourth-order valence-electron chi connectivity index (χ4n) is 1.68. The van der Waals surface area contributed by atoms with Crippen LogP contribution in [0, 0.1) is 0 Å².